The number of halogens is 2. The fraction of sp³-hybridized carbons (Fsp3) is 0.529. The molecule has 1 aromatic carbocycles. The molecule has 1 aromatic rings. The normalized spacial score (nSPS) is 28.5. The van der Waals surface area contributed by atoms with E-state index in [-0.39, 0.29) is 18.2 Å². The quantitative estimate of drug-likeness (QED) is 0.781. The van der Waals surface area contributed by atoms with Crippen molar-refractivity contribution in [3.8, 4) is 0 Å². The molecule has 2 aliphatic rings. The predicted molar refractivity (Wildman–Crippen MR) is 79.5 cm³/mol. The van der Waals surface area contributed by atoms with E-state index in [4.69, 9.17) is 9.47 Å². The maximum Gasteiger partial charge on any atom is 0.159 e. The lowest BCUT2D eigenvalue weighted by atomic mass is 10.1. The topological polar surface area (TPSA) is 21.7 Å². The summed E-state index contributed by atoms with van der Waals surface area (Å²) in [5.74, 6) is -1.61. The van der Waals surface area contributed by atoms with Gasteiger partial charge in [0.2, 0.25) is 0 Å². The highest BCUT2D eigenvalue weighted by Gasteiger charge is 2.42. The summed E-state index contributed by atoms with van der Waals surface area (Å²) in [7, 11) is 0. The van der Waals surface area contributed by atoms with Crippen LogP contribution in [0.4, 0.5) is 8.78 Å². The Morgan fingerprint density at radius 3 is 2.95 bits per heavy atom. The summed E-state index contributed by atoms with van der Waals surface area (Å²) in [5, 5.41) is 0. The number of hydrogen-bond acceptors (Lipinski definition) is 3. The van der Waals surface area contributed by atoms with Crippen molar-refractivity contribution in [2.75, 3.05) is 19.8 Å². The Morgan fingerprint density at radius 1 is 1.32 bits per heavy atom. The Kier molecular flexibility index (Phi) is 4.86. The number of rotatable bonds is 5. The van der Waals surface area contributed by atoms with Gasteiger partial charge in [-0.05, 0) is 30.5 Å². The maximum atomic E-state index is 13.4. The zero-order valence-electron chi connectivity index (χ0n) is 12.5. The van der Waals surface area contributed by atoms with Crippen molar-refractivity contribution in [1.29, 1.82) is 0 Å². The molecule has 0 spiro atoms. The van der Waals surface area contributed by atoms with Crippen molar-refractivity contribution in [1.82, 2.24) is 4.90 Å². The molecule has 3 rings (SSSR count). The third kappa shape index (κ3) is 3.21. The molecule has 1 saturated heterocycles. The number of nitrogens with zero attached hydrogens (tertiary/aromatic N) is 1. The molecule has 5 heteroatoms. The first-order chi connectivity index (χ1) is 10.7. The summed E-state index contributed by atoms with van der Waals surface area (Å²) >= 11 is 0. The van der Waals surface area contributed by atoms with Gasteiger partial charge in [-0.15, -0.1) is 6.58 Å². The first-order valence-electron chi connectivity index (χ1n) is 7.71. The minimum absolute atomic E-state index is 0.0193. The molecule has 3 atom stereocenters. The largest absolute Gasteiger partial charge is 0.374 e. The lowest BCUT2D eigenvalue weighted by molar-refractivity contribution is -0.0447. The van der Waals surface area contributed by atoms with E-state index in [0.29, 0.717) is 19.8 Å². The van der Waals surface area contributed by atoms with E-state index >= 15 is 0 Å². The van der Waals surface area contributed by atoms with E-state index in [9.17, 15) is 8.78 Å². The number of ether oxygens (including phenoxy) is 2. The number of benzene rings is 1. The van der Waals surface area contributed by atoms with Gasteiger partial charge in [-0.3, -0.25) is 4.90 Å². The van der Waals surface area contributed by atoms with Crippen molar-refractivity contribution in [2.24, 2.45) is 0 Å². The van der Waals surface area contributed by atoms with Crippen LogP contribution in [0.25, 0.3) is 0 Å². The fourth-order valence-corrected chi connectivity index (χ4v) is 3.43. The number of hydrogen-bond donors (Lipinski definition) is 0. The molecule has 3 unspecified atom stereocenters. The number of fused-ring (bicyclic) bond motifs is 2. The van der Waals surface area contributed by atoms with Gasteiger partial charge in [0.05, 0.1) is 25.4 Å². The summed E-state index contributed by atoms with van der Waals surface area (Å²) in [5.41, 5.74) is 0.770. The van der Waals surface area contributed by atoms with Gasteiger partial charge >= 0.3 is 0 Å². The van der Waals surface area contributed by atoms with Crippen LogP contribution < -0.4 is 0 Å². The van der Waals surface area contributed by atoms with Crippen molar-refractivity contribution in [2.45, 2.75) is 37.6 Å². The van der Waals surface area contributed by atoms with Crippen molar-refractivity contribution in [3.63, 3.8) is 0 Å². The van der Waals surface area contributed by atoms with Gasteiger partial charge in [0, 0.05) is 19.1 Å². The predicted octanol–water partition coefficient (Wildman–Crippen LogP) is 2.90. The van der Waals surface area contributed by atoms with Gasteiger partial charge in [0.1, 0.15) is 0 Å². The van der Waals surface area contributed by atoms with E-state index < -0.39 is 11.6 Å². The average Bonchev–Trinajstić information content (AvgIpc) is 2.81. The first-order valence-corrected chi connectivity index (χ1v) is 7.71. The molecule has 0 radical (unpaired) electrons. The van der Waals surface area contributed by atoms with Crippen LogP contribution >= 0.6 is 0 Å². The smallest absolute Gasteiger partial charge is 0.159 e. The van der Waals surface area contributed by atoms with E-state index in [2.05, 4.69) is 11.5 Å². The van der Waals surface area contributed by atoms with E-state index in [1.807, 2.05) is 0 Å². The summed E-state index contributed by atoms with van der Waals surface area (Å²) in [6.45, 7) is 6.17. The minimum Gasteiger partial charge on any atom is -0.374 e. The van der Waals surface area contributed by atoms with Gasteiger partial charge in [-0.1, -0.05) is 12.1 Å². The molecule has 3 nitrogen and oxygen atoms in total. The van der Waals surface area contributed by atoms with Crippen LogP contribution in [0.3, 0.4) is 0 Å². The second kappa shape index (κ2) is 6.86. The van der Waals surface area contributed by atoms with Gasteiger partial charge in [0.25, 0.3) is 0 Å². The van der Waals surface area contributed by atoms with Gasteiger partial charge < -0.3 is 9.47 Å². The molecule has 1 aliphatic heterocycles. The molecule has 22 heavy (non-hydrogen) atoms. The SMILES string of the molecule is C=CCOC1C2CCC1N(Cc1ccc(F)c(F)c1)CCO2. The minimum atomic E-state index is -0.809. The Morgan fingerprint density at radius 2 is 2.18 bits per heavy atom. The molecule has 1 heterocycles. The maximum absolute atomic E-state index is 13.4. The lowest BCUT2D eigenvalue weighted by Crippen LogP contribution is -2.42. The lowest BCUT2D eigenvalue weighted by Gasteiger charge is -2.31. The Labute approximate surface area is 129 Å². The fourth-order valence-electron chi connectivity index (χ4n) is 3.43. The molecular weight excluding hydrogens is 288 g/mol. The highest BCUT2D eigenvalue weighted by Crippen LogP contribution is 2.32. The highest BCUT2D eigenvalue weighted by molar-refractivity contribution is 5.18. The second-order valence-electron chi connectivity index (χ2n) is 5.86. The van der Waals surface area contributed by atoms with Gasteiger partial charge in [-0.2, -0.15) is 0 Å². The standard InChI is InChI=1S/C17H21F2NO2/c1-2-8-22-17-15-5-6-16(17)21-9-7-20(15)11-12-3-4-13(18)14(19)10-12/h2-4,10,15-17H,1,5-9,11H2. The van der Waals surface area contributed by atoms with Crippen LogP contribution in [-0.2, 0) is 16.0 Å². The van der Waals surface area contributed by atoms with E-state index in [1.54, 1.807) is 12.1 Å². The summed E-state index contributed by atoms with van der Waals surface area (Å²) in [4.78, 5) is 2.26. The molecule has 2 fully saturated rings. The van der Waals surface area contributed by atoms with Crippen molar-refractivity contribution < 1.29 is 18.3 Å². The average molecular weight is 309 g/mol. The Balaban J connectivity index is 1.74. The van der Waals surface area contributed by atoms with Crippen LogP contribution in [0.2, 0.25) is 0 Å². The Bertz CT molecular complexity index is 537. The van der Waals surface area contributed by atoms with Crippen LogP contribution in [0.5, 0.6) is 0 Å². The van der Waals surface area contributed by atoms with Crippen LogP contribution in [0.15, 0.2) is 30.9 Å². The van der Waals surface area contributed by atoms with Crippen LogP contribution in [-0.4, -0.2) is 42.9 Å². The molecular formula is C17H21F2NO2. The summed E-state index contributed by atoms with van der Waals surface area (Å²) in [6, 6.07) is 4.34. The molecule has 0 amide bonds. The monoisotopic (exact) mass is 309 g/mol. The van der Waals surface area contributed by atoms with Crippen LogP contribution in [0.1, 0.15) is 18.4 Å². The van der Waals surface area contributed by atoms with Crippen molar-refractivity contribution in [3.05, 3.63) is 48.1 Å². The first kappa shape index (κ1) is 15.6. The van der Waals surface area contributed by atoms with E-state index in [0.717, 1.165) is 24.9 Å². The third-order valence-electron chi connectivity index (χ3n) is 4.45. The van der Waals surface area contributed by atoms with Crippen molar-refractivity contribution >= 4 is 0 Å². The van der Waals surface area contributed by atoms with Gasteiger partial charge in [0.15, 0.2) is 11.6 Å². The molecule has 2 bridgehead atoms. The molecule has 120 valence electrons. The van der Waals surface area contributed by atoms with Gasteiger partial charge in [-0.25, -0.2) is 8.78 Å². The summed E-state index contributed by atoms with van der Waals surface area (Å²) in [6.07, 6.45) is 3.85. The Hall–Kier alpha value is -1.30. The second-order valence-corrected chi connectivity index (χ2v) is 5.86. The zero-order valence-corrected chi connectivity index (χ0v) is 12.5. The zero-order chi connectivity index (χ0) is 15.5. The highest BCUT2D eigenvalue weighted by atomic mass is 19.2. The molecule has 1 saturated carbocycles. The molecule has 0 N–H and O–H groups in total. The van der Waals surface area contributed by atoms with E-state index in [1.165, 1.54) is 12.1 Å². The molecule has 1 aliphatic carbocycles. The summed E-state index contributed by atoms with van der Waals surface area (Å²) < 4.78 is 38.2. The molecule has 0 aromatic heterocycles. The van der Waals surface area contributed by atoms with Crippen LogP contribution in [0, 0.1) is 11.6 Å². The third-order valence-corrected chi connectivity index (χ3v) is 4.45.